The normalized spacial score (nSPS) is 10.3. The van der Waals surface area contributed by atoms with Gasteiger partial charge in [-0.15, -0.1) is 0 Å². The summed E-state index contributed by atoms with van der Waals surface area (Å²) in [6.45, 7) is 2.00. The molecule has 0 aliphatic rings. The van der Waals surface area contributed by atoms with Crippen LogP contribution >= 0.6 is 0 Å². The van der Waals surface area contributed by atoms with E-state index in [1.807, 2.05) is 24.3 Å². The lowest BCUT2D eigenvalue weighted by atomic mass is 10.1. The van der Waals surface area contributed by atoms with Crippen molar-refractivity contribution < 1.29 is 14.8 Å². The van der Waals surface area contributed by atoms with Crippen LogP contribution in [0.25, 0.3) is 0 Å². The lowest BCUT2D eigenvalue weighted by molar-refractivity contribution is -0.670. The lowest BCUT2D eigenvalue weighted by Crippen LogP contribution is -2.83. The Bertz CT molecular complexity index is 523. The molecule has 0 aromatic heterocycles. The number of hydrogen-bond donors (Lipinski definition) is 1. The van der Waals surface area contributed by atoms with E-state index in [0.29, 0.717) is 0 Å². The van der Waals surface area contributed by atoms with Gasteiger partial charge in [0.05, 0.1) is 20.8 Å². The number of methoxy groups -OCH3 is 2. The van der Waals surface area contributed by atoms with E-state index in [-0.39, 0.29) is 0 Å². The maximum absolute atomic E-state index is 5.35. The second kappa shape index (κ2) is 7.56. The predicted octanol–water partition coefficient (Wildman–Crippen LogP) is 2.01. The maximum Gasteiger partial charge on any atom is 0.127 e. The molecule has 0 aliphatic carbocycles. The van der Waals surface area contributed by atoms with E-state index in [1.165, 1.54) is 11.1 Å². The molecule has 0 aliphatic heterocycles. The minimum absolute atomic E-state index is 0.909. The summed E-state index contributed by atoms with van der Waals surface area (Å²) in [5.74, 6) is 1.87. The van der Waals surface area contributed by atoms with E-state index in [2.05, 4.69) is 29.6 Å². The van der Waals surface area contributed by atoms with Crippen LogP contribution in [0.1, 0.15) is 11.1 Å². The van der Waals surface area contributed by atoms with Crippen molar-refractivity contribution in [1.82, 2.24) is 0 Å². The molecule has 20 heavy (non-hydrogen) atoms. The number of ether oxygens (including phenoxy) is 2. The second-order valence-electron chi connectivity index (χ2n) is 4.69. The van der Waals surface area contributed by atoms with Crippen molar-refractivity contribution in [3.63, 3.8) is 0 Å². The first-order chi connectivity index (χ1) is 9.83. The summed E-state index contributed by atoms with van der Waals surface area (Å²) in [6, 6.07) is 16.4. The molecule has 0 spiro atoms. The third-order valence-electron chi connectivity index (χ3n) is 3.35. The van der Waals surface area contributed by atoms with Crippen LogP contribution in [0.4, 0.5) is 0 Å². The highest BCUT2D eigenvalue weighted by molar-refractivity contribution is 5.32. The van der Waals surface area contributed by atoms with Crippen molar-refractivity contribution in [2.45, 2.75) is 13.0 Å². The maximum atomic E-state index is 5.35. The zero-order chi connectivity index (χ0) is 14.2. The fraction of sp³-hybridized carbons (Fsp3) is 0.294. The minimum Gasteiger partial charge on any atom is -0.497 e. The molecule has 0 bridgehead atoms. The summed E-state index contributed by atoms with van der Waals surface area (Å²) >= 11 is 0. The fourth-order valence-corrected chi connectivity index (χ4v) is 2.19. The Morgan fingerprint density at radius 3 is 2.35 bits per heavy atom. The summed E-state index contributed by atoms with van der Waals surface area (Å²) in [4.78, 5) is 0. The summed E-state index contributed by atoms with van der Waals surface area (Å²) in [6.07, 6.45) is 1.05. The van der Waals surface area contributed by atoms with Crippen LogP contribution < -0.4 is 14.8 Å². The summed E-state index contributed by atoms with van der Waals surface area (Å²) in [5, 5.41) is 2.31. The van der Waals surface area contributed by atoms with Crippen LogP contribution in [-0.2, 0) is 13.0 Å². The average molecular weight is 272 g/mol. The SMILES string of the molecule is COc1ccc(CC[NH2+]Cc2ccccc2OC)cc1. The molecular weight excluding hydrogens is 250 g/mol. The Morgan fingerprint density at radius 2 is 1.65 bits per heavy atom. The molecular formula is C17H22NO2+. The monoisotopic (exact) mass is 272 g/mol. The van der Waals surface area contributed by atoms with Gasteiger partial charge in [0.2, 0.25) is 0 Å². The Hall–Kier alpha value is -2.00. The number of hydrogen-bond acceptors (Lipinski definition) is 2. The van der Waals surface area contributed by atoms with Crippen molar-refractivity contribution in [1.29, 1.82) is 0 Å². The quantitative estimate of drug-likeness (QED) is 0.783. The van der Waals surface area contributed by atoms with E-state index in [9.17, 15) is 0 Å². The highest BCUT2D eigenvalue weighted by atomic mass is 16.5. The van der Waals surface area contributed by atoms with E-state index in [0.717, 1.165) is 31.0 Å². The average Bonchev–Trinajstić information content (AvgIpc) is 2.52. The second-order valence-corrected chi connectivity index (χ2v) is 4.69. The van der Waals surface area contributed by atoms with E-state index >= 15 is 0 Å². The summed E-state index contributed by atoms with van der Waals surface area (Å²) in [5.41, 5.74) is 2.58. The number of benzene rings is 2. The van der Waals surface area contributed by atoms with E-state index in [4.69, 9.17) is 9.47 Å². The van der Waals surface area contributed by atoms with E-state index < -0.39 is 0 Å². The molecule has 2 aromatic rings. The van der Waals surface area contributed by atoms with Crippen LogP contribution in [0.3, 0.4) is 0 Å². The van der Waals surface area contributed by atoms with Crippen molar-refractivity contribution in [2.75, 3.05) is 20.8 Å². The molecule has 2 N–H and O–H groups in total. The van der Waals surface area contributed by atoms with Gasteiger partial charge >= 0.3 is 0 Å². The molecule has 0 radical (unpaired) electrons. The Morgan fingerprint density at radius 1 is 0.900 bits per heavy atom. The highest BCUT2D eigenvalue weighted by Crippen LogP contribution is 2.15. The smallest absolute Gasteiger partial charge is 0.127 e. The Kier molecular flexibility index (Phi) is 5.44. The first-order valence-corrected chi connectivity index (χ1v) is 6.90. The topological polar surface area (TPSA) is 35.1 Å². The van der Waals surface area contributed by atoms with Crippen LogP contribution in [0, 0.1) is 0 Å². The molecule has 0 saturated carbocycles. The Labute approximate surface area is 120 Å². The van der Waals surface area contributed by atoms with Gasteiger partial charge in [-0.1, -0.05) is 24.3 Å². The molecule has 2 rings (SSSR count). The first-order valence-electron chi connectivity index (χ1n) is 6.90. The van der Waals surface area contributed by atoms with Gasteiger partial charge in [-0.05, 0) is 29.8 Å². The van der Waals surface area contributed by atoms with Crippen LogP contribution in [-0.4, -0.2) is 20.8 Å². The van der Waals surface area contributed by atoms with Crippen LogP contribution in [0.5, 0.6) is 11.5 Å². The molecule has 3 heteroatoms. The van der Waals surface area contributed by atoms with Gasteiger partial charge in [0.1, 0.15) is 18.0 Å². The molecule has 0 atom stereocenters. The largest absolute Gasteiger partial charge is 0.497 e. The number of rotatable bonds is 7. The van der Waals surface area contributed by atoms with Crippen molar-refractivity contribution in [2.24, 2.45) is 0 Å². The van der Waals surface area contributed by atoms with Gasteiger partial charge in [-0.25, -0.2) is 0 Å². The van der Waals surface area contributed by atoms with Crippen LogP contribution in [0.2, 0.25) is 0 Å². The molecule has 2 aromatic carbocycles. The summed E-state index contributed by atoms with van der Waals surface area (Å²) in [7, 11) is 3.41. The number of para-hydroxylation sites is 1. The van der Waals surface area contributed by atoms with Gasteiger partial charge in [0, 0.05) is 12.0 Å². The number of quaternary nitrogens is 1. The third-order valence-corrected chi connectivity index (χ3v) is 3.35. The summed E-state index contributed by atoms with van der Waals surface area (Å²) < 4.78 is 10.5. The molecule has 0 amide bonds. The molecule has 0 fully saturated rings. The standard InChI is InChI=1S/C17H21NO2/c1-19-16-9-7-14(8-10-16)11-12-18-13-15-5-3-4-6-17(15)20-2/h3-10,18H,11-13H2,1-2H3/p+1. The minimum atomic E-state index is 0.909. The zero-order valence-electron chi connectivity index (χ0n) is 12.1. The van der Waals surface area contributed by atoms with Crippen molar-refractivity contribution >= 4 is 0 Å². The predicted molar refractivity (Wildman–Crippen MR) is 80.2 cm³/mol. The molecule has 106 valence electrons. The Balaban J connectivity index is 1.78. The fourth-order valence-electron chi connectivity index (χ4n) is 2.19. The molecule has 0 heterocycles. The molecule has 0 unspecified atom stereocenters. The number of nitrogens with two attached hydrogens (primary N) is 1. The third kappa shape index (κ3) is 4.00. The molecule has 0 saturated heterocycles. The van der Waals surface area contributed by atoms with Gasteiger partial charge in [0.25, 0.3) is 0 Å². The zero-order valence-corrected chi connectivity index (χ0v) is 12.1. The molecule has 3 nitrogen and oxygen atoms in total. The highest BCUT2D eigenvalue weighted by Gasteiger charge is 2.03. The van der Waals surface area contributed by atoms with Crippen molar-refractivity contribution in [3.8, 4) is 11.5 Å². The van der Waals surface area contributed by atoms with Crippen molar-refractivity contribution in [3.05, 3.63) is 59.7 Å². The van der Waals surface area contributed by atoms with Gasteiger partial charge in [-0.3, -0.25) is 0 Å². The van der Waals surface area contributed by atoms with Gasteiger partial charge in [-0.2, -0.15) is 0 Å². The first kappa shape index (κ1) is 14.4. The van der Waals surface area contributed by atoms with Crippen LogP contribution in [0.15, 0.2) is 48.5 Å². The van der Waals surface area contributed by atoms with E-state index in [1.54, 1.807) is 14.2 Å². The van der Waals surface area contributed by atoms with Gasteiger partial charge in [0.15, 0.2) is 0 Å². The lowest BCUT2D eigenvalue weighted by Gasteiger charge is -2.07. The van der Waals surface area contributed by atoms with Gasteiger partial charge < -0.3 is 14.8 Å².